The van der Waals surface area contributed by atoms with E-state index in [2.05, 4.69) is 15.9 Å². The molecule has 1 nitrogen and oxygen atoms in total. The van der Waals surface area contributed by atoms with E-state index in [0.717, 1.165) is 16.5 Å². The Morgan fingerprint density at radius 1 is 1.27 bits per heavy atom. The Kier molecular flexibility index (Phi) is 3.30. The van der Waals surface area contributed by atoms with Gasteiger partial charge in [-0.3, -0.25) is 4.79 Å². The van der Waals surface area contributed by atoms with Gasteiger partial charge >= 0.3 is 0 Å². The molecule has 0 aliphatic rings. The van der Waals surface area contributed by atoms with E-state index in [4.69, 9.17) is 0 Å². The van der Waals surface area contributed by atoms with Crippen molar-refractivity contribution in [3.8, 4) is 0 Å². The van der Waals surface area contributed by atoms with Gasteiger partial charge in [-0.2, -0.15) is 0 Å². The molecule has 0 spiro atoms. The fourth-order valence-electron chi connectivity index (χ4n) is 0.938. The lowest BCUT2D eigenvalue weighted by atomic mass is 10.1. The van der Waals surface area contributed by atoms with Crippen LogP contribution in [-0.2, 0) is 16.5 Å². The molecule has 0 aliphatic heterocycles. The fourth-order valence-corrected chi connectivity index (χ4v) is 1.49. The monoisotopic (exact) mass is 211 g/mol. The average molecular weight is 212 g/mol. The van der Waals surface area contributed by atoms with Crippen molar-refractivity contribution < 1.29 is 4.79 Å². The zero-order valence-electron chi connectivity index (χ0n) is 6.01. The summed E-state index contributed by atoms with van der Waals surface area (Å²) < 4.78 is 0. The summed E-state index contributed by atoms with van der Waals surface area (Å²) in [4.78, 5) is 10.1. The van der Waals surface area contributed by atoms with Crippen LogP contribution in [0.25, 0.3) is 0 Å². The molecule has 0 heterocycles. The number of rotatable bonds is 3. The van der Waals surface area contributed by atoms with Crippen LogP contribution in [-0.4, -0.2) is 6.29 Å². The summed E-state index contributed by atoms with van der Waals surface area (Å²) >= 11 is 3.35. The third kappa shape index (κ3) is 2.15. The standard InChI is InChI=1S/C9H8BrO/c10-7-9-4-2-1-3-8(9)5-6-11/h1-4H,5,7H2. The number of hydrogen-bond acceptors (Lipinski definition) is 1. The first-order valence-electron chi connectivity index (χ1n) is 3.36. The van der Waals surface area contributed by atoms with Crippen LogP contribution < -0.4 is 0 Å². The van der Waals surface area contributed by atoms with E-state index in [-0.39, 0.29) is 0 Å². The van der Waals surface area contributed by atoms with Gasteiger partial charge < -0.3 is 0 Å². The van der Waals surface area contributed by atoms with Gasteiger partial charge in [0.2, 0.25) is 6.29 Å². The van der Waals surface area contributed by atoms with Crippen LogP contribution in [0.5, 0.6) is 0 Å². The van der Waals surface area contributed by atoms with Crippen LogP contribution in [0.1, 0.15) is 11.1 Å². The highest BCUT2D eigenvalue weighted by molar-refractivity contribution is 9.08. The molecular weight excluding hydrogens is 204 g/mol. The maximum absolute atomic E-state index is 10.1. The Labute approximate surface area is 74.6 Å². The van der Waals surface area contributed by atoms with Crippen LogP contribution >= 0.6 is 15.9 Å². The Hall–Kier alpha value is -0.630. The topological polar surface area (TPSA) is 17.1 Å². The molecule has 0 bridgehead atoms. The molecule has 0 unspecified atom stereocenters. The van der Waals surface area contributed by atoms with Crippen LogP contribution in [0.15, 0.2) is 24.3 Å². The first-order valence-corrected chi connectivity index (χ1v) is 4.48. The first-order chi connectivity index (χ1) is 5.38. The molecule has 11 heavy (non-hydrogen) atoms. The lowest BCUT2D eigenvalue weighted by Gasteiger charge is -2.00. The van der Waals surface area contributed by atoms with Gasteiger partial charge in [0, 0.05) is 11.8 Å². The van der Waals surface area contributed by atoms with Gasteiger partial charge in [0.15, 0.2) is 0 Å². The van der Waals surface area contributed by atoms with Crippen molar-refractivity contribution in [1.82, 2.24) is 0 Å². The van der Waals surface area contributed by atoms with E-state index in [1.54, 1.807) is 0 Å². The molecule has 1 radical (unpaired) electrons. The summed E-state index contributed by atoms with van der Waals surface area (Å²) in [5.41, 5.74) is 2.22. The summed E-state index contributed by atoms with van der Waals surface area (Å²) in [6, 6.07) is 7.84. The predicted molar refractivity (Wildman–Crippen MR) is 48.5 cm³/mol. The van der Waals surface area contributed by atoms with Gasteiger partial charge in [-0.1, -0.05) is 40.2 Å². The summed E-state index contributed by atoms with van der Waals surface area (Å²) in [5, 5.41) is 0.796. The van der Waals surface area contributed by atoms with Gasteiger partial charge in [-0.25, -0.2) is 0 Å². The van der Waals surface area contributed by atoms with Crippen molar-refractivity contribution in [2.24, 2.45) is 0 Å². The maximum atomic E-state index is 10.1. The third-order valence-electron chi connectivity index (χ3n) is 1.52. The highest BCUT2D eigenvalue weighted by atomic mass is 79.9. The summed E-state index contributed by atoms with van der Waals surface area (Å²) in [5.74, 6) is 0. The normalized spacial score (nSPS) is 9.55. The number of benzene rings is 1. The molecule has 1 aromatic carbocycles. The lowest BCUT2D eigenvalue weighted by Crippen LogP contribution is -1.91. The molecule has 0 fully saturated rings. The quantitative estimate of drug-likeness (QED) is 0.702. The molecule has 0 aliphatic carbocycles. The van der Waals surface area contributed by atoms with E-state index in [1.807, 2.05) is 30.6 Å². The fraction of sp³-hybridized carbons (Fsp3) is 0.222. The minimum atomic E-state index is 0.391. The van der Waals surface area contributed by atoms with Crippen LogP contribution in [0, 0.1) is 0 Å². The zero-order chi connectivity index (χ0) is 8.10. The van der Waals surface area contributed by atoms with E-state index in [1.165, 1.54) is 0 Å². The largest absolute Gasteiger partial charge is 0.291 e. The second-order valence-corrected chi connectivity index (χ2v) is 2.78. The van der Waals surface area contributed by atoms with Crippen LogP contribution in [0.4, 0.5) is 0 Å². The number of carbonyl (C=O) groups excluding carboxylic acids is 1. The highest BCUT2D eigenvalue weighted by Crippen LogP contribution is 2.11. The van der Waals surface area contributed by atoms with Gasteiger partial charge in [0.05, 0.1) is 0 Å². The summed E-state index contributed by atoms with van der Waals surface area (Å²) in [6.45, 7) is 0. The molecule has 0 saturated carbocycles. The molecule has 0 saturated heterocycles. The molecule has 0 N–H and O–H groups in total. The number of hydrogen-bond donors (Lipinski definition) is 0. The van der Waals surface area contributed by atoms with Crippen LogP contribution in [0.3, 0.4) is 0 Å². The molecular formula is C9H8BrO. The minimum absolute atomic E-state index is 0.391. The molecule has 1 aromatic rings. The molecule has 2 heteroatoms. The van der Waals surface area contributed by atoms with Gasteiger partial charge in [0.25, 0.3) is 0 Å². The van der Waals surface area contributed by atoms with Crippen molar-refractivity contribution >= 4 is 22.2 Å². The third-order valence-corrected chi connectivity index (χ3v) is 2.13. The zero-order valence-corrected chi connectivity index (χ0v) is 7.60. The maximum Gasteiger partial charge on any atom is 0.203 e. The Morgan fingerprint density at radius 3 is 2.45 bits per heavy atom. The Bertz CT molecular complexity index is 245. The van der Waals surface area contributed by atoms with Crippen molar-refractivity contribution in [1.29, 1.82) is 0 Å². The van der Waals surface area contributed by atoms with Crippen molar-refractivity contribution in [2.75, 3.05) is 0 Å². The van der Waals surface area contributed by atoms with E-state index < -0.39 is 0 Å². The van der Waals surface area contributed by atoms with E-state index >= 15 is 0 Å². The highest BCUT2D eigenvalue weighted by Gasteiger charge is 1.97. The molecule has 0 amide bonds. The van der Waals surface area contributed by atoms with Gasteiger partial charge in [0.1, 0.15) is 0 Å². The number of alkyl halides is 1. The Balaban J connectivity index is 2.92. The molecule has 0 atom stereocenters. The van der Waals surface area contributed by atoms with Gasteiger partial charge in [-0.15, -0.1) is 0 Å². The summed E-state index contributed by atoms with van der Waals surface area (Å²) in [6.07, 6.45) is 2.28. The smallest absolute Gasteiger partial charge is 0.203 e. The lowest BCUT2D eigenvalue weighted by molar-refractivity contribution is 0.555. The van der Waals surface area contributed by atoms with Crippen molar-refractivity contribution in [3.63, 3.8) is 0 Å². The molecule has 57 valence electrons. The average Bonchev–Trinajstić information content (AvgIpc) is 2.06. The second-order valence-electron chi connectivity index (χ2n) is 2.22. The molecule has 0 aromatic heterocycles. The van der Waals surface area contributed by atoms with Crippen molar-refractivity contribution in [2.45, 2.75) is 11.8 Å². The predicted octanol–water partition coefficient (Wildman–Crippen LogP) is 2.23. The minimum Gasteiger partial charge on any atom is -0.291 e. The second kappa shape index (κ2) is 4.29. The Morgan fingerprint density at radius 2 is 1.91 bits per heavy atom. The SMILES string of the molecule is O=[C]Cc1ccccc1CBr. The van der Waals surface area contributed by atoms with Crippen molar-refractivity contribution in [3.05, 3.63) is 35.4 Å². The number of halogens is 1. The first kappa shape index (κ1) is 8.47. The van der Waals surface area contributed by atoms with E-state index in [9.17, 15) is 4.79 Å². The van der Waals surface area contributed by atoms with Crippen LogP contribution in [0.2, 0.25) is 0 Å². The van der Waals surface area contributed by atoms with Gasteiger partial charge in [-0.05, 0) is 11.1 Å². The summed E-state index contributed by atoms with van der Waals surface area (Å²) in [7, 11) is 0. The van der Waals surface area contributed by atoms with E-state index in [0.29, 0.717) is 6.42 Å². The molecule has 1 rings (SSSR count).